The molecule has 12 heteroatoms. The SMILES string of the molecule is Cc1cc(-c2cccc(C(F)(F)F)c2)nc2c1N1CC[C@@H](C1)N2C(=O)Nc1ccnc(OC[C@@H](O)CO)c1. The lowest BCUT2D eigenvalue weighted by Gasteiger charge is -2.37. The highest BCUT2D eigenvalue weighted by atomic mass is 19.4. The average molecular weight is 530 g/mol. The highest BCUT2D eigenvalue weighted by Gasteiger charge is 2.41. The molecule has 2 bridgehead atoms. The molecule has 4 heterocycles. The summed E-state index contributed by atoms with van der Waals surface area (Å²) in [5.41, 5.74) is 1.86. The second kappa shape index (κ2) is 10.1. The number of ether oxygens (including phenoxy) is 1. The monoisotopic (exact) mass is 529 g/mol. The van der Waals surface area contributed by atoms with Gasteiger partial charge in [0, 0.05) is 36.6 Å². The quantitative estimate of drug-likeness (QED) is 0.445. The van der Waals surface area contributed by atoms with Gasteiger partial charge in [-0.3, -0.25) is 4.90 Å². The predicted molar refractivity (Wildman–Crippen MR) is 134 cm³/mol. The number of aliphatic hydroxyl groups is 2. The van der Waals surface area contributed by atoms with Crippen LogP contribution in [-0.2, 0) is 6.18 Å². The van der Waals surface area contributed by atoms with E-state index in [1.54, 1.807) is 23.1 Å². The largest absolute Gasteiger partial charge is 0.475 e. The molecule has 1 saturated heterocycles. The van der Waals surface area contributed by atoms with Crippen molar-refractivity contribution in [2.45, 2.75) is 31.7 Å². The molecule has 3 N–H and O–H groups in total. The van der Waals surface area contributed by atoms with E-state index in [4.69, 9.17) is 14.8 Å². The minimum Gasteiger partial charge on any atom is -0.475 e. The van der Waals surface area contributed by atoms with Crippen LogP contribution >= 0.6 is 0 Å². The number of rotatable bonds is 6. The number of nitrogens with one attached hydrogen (secondary N) is 1. The molecule has 2 aliphatic rings. The molecule has 3 aromatic rings. The van der Waals surface area contributed by atoms with E-state index in [0.717, 1.165) is 29.9 Å². The van der Waals surface area contributed by atoms with Gasteiger partial charge < -0.3 is 25.2 Å². The molecule has 2 amide bonds. The summed E-state index contributed by atoms with van der Waals surface area (Å²) in [5, 5.41) is 21.3. The number of urea groups is 1. The zero-order valence-electron chi connectivity index (χ0n) is 20.4. The van der Waals surface area contributed by atoms with Gasteiger partial charge in [-0.05, 0) is 43.2 Å². The standard InChI is InChI=1S/C26H26F3N5O4/c1-15-9-21(16-3-2-4-17(10-16)26(27,28)29)32-24-23(15)33-8-6-19(12-33)34(24)25(37)31-18-5-7-30-22(11-18)38-14-20(36)13-35/h2-5,7,9-11,19-20,35-36H,6,8,12-14H2,1H3,(H,30,31,37)/t19-,20-/m0/s1. The summed E-state index contributed by atoms with van der Waals surface area (Å²) in [6.45, 7) is 2.58. The molecule has 2 aliphatic heterocycles. The first-order valence-corrected chi connectivity index (χ1v) is 12.1. The summed E-state index contributed by atoms with van der Waals surface area (Å²) >= 11 is 0. The third-order valence-electron chi connectivity index (χ3n) is 6.56. The molecule has 2 atom stereocenters. The Bertz CT molecular complexity index is 1350. The van der Waals surface area contributed by atoms with Crippen molar-refractivity contribution in [2.75, 3.05) is 41.4 Å². The lowest BCUT2D eigenvalue weighted by atomic mass is 10.0. The maximum Gasteiger partial charge on any atom is 0.416 e. The van der Waals surface area contributed by atoms with Gasteiger partial charge in [0.15, 0.2) is 5.82 Å². The Morgan fingerprint density at radius 2 is 2.08 bits per heavy atom. The van der Waals surface area contributed by atoms with Crippen LogP contribution in [0.25, 0.3) is 11.3 Å². The van der Waals surface area contributed by atoms with Crippen molar-refractivity contribution < 1.29 is 32.9 Å². The molecule has 1 fully saturated rings. The van der Waals surface area contributed by atoms with Crippen LogP contribution in [0.15, 0.2) is 48.7 Å². The third-order valence-corrected chi connectivity index (χ3v) is 6.56. The number of aryl methyl sites for hydroxylation is 1. The summed E-state index contributed by atoms with van der Waals surface area (Å²) < 4.78 is 45.4. The van der Waals surface area contributed by atoms with Crippen LogP contribution in [0.2, 0.25) is 0 Å². The Kier molecular flexibility index (Phi) is 6.84. The number of nitrogens with zero attached hydrogens (tertiary/aromatic N) is 4. The Labute approximate surface area is 216 Å². The van der Waals surface area contributed by atoms with Gasteiger partial charge in [-0.2, -0.15) is 13.2 Å². The van der Waals surface area contributed by atoms with Crippen molar-refractivity contribution in [1.82, 2.24) is 9.97 Å². The number of carbonyl (C=O) groups is 1. The molecule has 0 aliphatic carbocycles. The molecule has 200 valence electrons. The molecule has 5 rings (SSSR count). The molecule has 1 aromatic carbocycles. The lowest BCUT2D eigenvalue weighted by Crippen LogP contribution is -2.48. The van der Waals surface area contributed by atoms with E-state index < -0.39 is 30.5 Å². The Balaban J connectivity index is 1.46. The molecule has 0 saturated carbocycles. The van der Waals surface area contributed by atoms with E-state index in [9.17, 15) is 23.1 Å². The number of benzene rings is 1. The lowest BCUT2D eigenvalue weighted by molar-refractivity contribution is -0.137. The summed E-state index contributed by atoms with van der Waals surface area (Å²) in [7, 11) is 0. The number of anilines is 3. The summed E-state index contributed by atoms with van der Waals surface area (Å²) in [6, 6.07) is 9.19. The van der Waals surface area contributed by atoms with Gasteiger partial charge in [0.1, 0.15) is 12.7 Å². The van der Waals surface area contributed by atoms with Crippen LogP contribution in [-0.4, -0.2) is 64.7 Å². The summed E-state index contributed by atoms with van der Waals surface area (Å²) in [4.78, 5) is 26.0. The highest BCUT2D eigenvalue weighted by molar-refractivity contribution is 6.05. The number of aliphatic hydroxyl groups excluding tert-OH is 2. The van der Waals surface area contributed by atoms with Crippen molar-refractivity contribution in [3.63, 3.8) is 0 Å². The van der Waals surface area contributed by atoms with E-state index in [1.165, 1.54) is 18.3 Å². The fourth-order valence-corrected chi connectivity index (χ4v) is 4.79. The van der Waals surface area contributed by atoms with E-state index in [-0.39, 0.29) is 18.5 Å². The number of pyridine rings is 2. The first kappa shape index (κ1) is 25.7. The Morgan fingerprint density at radius 3 is 2.84 bits per heavy atom. The maximum absolute atomic E-state index is 13.6. The van der Waals surface area contributed by atoms with Crippen molar-refractivity contribution in [1.29, 1.82) is 0 Å². The van der Waals surface area contributed by atoms with Crippen LogP contribution < -0.4 is 19.9 Å². The molecule has 9 nitrogen and oxygen atoms in total. The van der Waals surface area contributed by atoms with Crippen LogP contribution in [0.5, 0.6) is 5.88 Å². The number of fused-ring (bicyclic) bond motifs is 4. The summed E-state index contributed by atoms with van der Waals surface area (Å²) in [6.07, 6.45) is -3.40. The van der Waals surface area contributed by atoms with Crippen molar-refractivity contribution in [3.05, 3.63) is 59.8 Å². The number of halogens is 3. The number of hydrogen-bond donors (Lipinski definition) is 3. The molecular weight excluding hydrogens is 503 g/mol. The number of aromatic nitrogens is 2. The van der Waals surface area contributed by atoms with Gasteiger partial charge >= 0.3 is 12.2 Å². The zero-order chi connectivity index (χ0) is 27.0. The molecule has 2 aromatic heterocycles. The van der Waals surface area contributed by atoms with Gasteiger partial charge in [-0.1, -0.05) is 12.1 Å². The minimum absolute atomic E-state index is 0.155. The first-order chi connectivity index (χ1) is 18.1. The molecule has 38 heavy (non-hydrogen) atoms. The second-order valence-electron chi connectivity index (χ2n) is 9.29. The zero-order valence-corrected chi connectivity index (χ0v) is 20.4. The smallest absolute Gasteiger partial charge is 0.416 e. The fraction of sp³-hybridized carbons (Fsp3) is 0.346. The van der Waals surface area contributed by atoms with Gasteiger partial charge in [0.05, 0.1) is 29.6 Å². The van der Waals surface area contributed by atoms with E-state index in [2.05, 4.69) is 15.2 Å². The van der Waals surface area contributed by atoms with Crippen LogP contribution in [0.1, 0.15) is 17.5 Å². The highest BCUT2D eigenvalue weighted by Crippen LogP contribution is 2.43. The number of hydrogen-bond acceptors (Lipinski definition) is 7. The summed E-state index contributed by atoms with van der Waals surface area (Å²) in [5.74, 6) is 0.544. The maximum atomic E-state index is 13.6. The van der Waals surface area contributed by atoms with Gasteiger partial charge in [0.25, 0.3) is 0 Å². The van der Waals surface area contributed by atoms with E-state index >= 15 is 0 Å². The average Bonchev–Trinajstić information content (AvgIpc) is 3.29. The number of alkyl halides is 3. The molecular formula is C26H26F3N5O4. The van der Waals surface area contributed by atoms with Gasteiger partial charge in [0.2, 0.25) is 5.88 Å². The van der Waals surface area contributed by atoms with Crippen LogP contribution in [0, 0.1) is 6.92 Å². The third kappa shape index (κ3) is 5.09. The van der Waals surface area contributed by atoms with Crippen molar-refractivity contribution in [2.24, 2.45) is 0 Å². The Hall–Kier alpha value is -3.90. The molecule has 0 radical (unpaired) electrons. The van der Waals surface area contributed by atoms with Crippen molar-refractivity contribution >= 4 is 23.2 Å². The van der Waals surface area contributed by atoms with Gasteiger partial charge in [-0.15, -0.1) is 0 Å². The number of carbonyl (C=O) groups excluding carboxylic acids is 1. The minimum atomic E-state index is -4.49. The van der Waals surface area contributed by atoms with Gasteiger partial charge in [-0.25, -0.2) is 14.8 Å². The Morgan fingerprint density at radius 1 is 1.26 bits per heavy atom. The fourth-order valence-electron chi connectivity index (χ4n) is 4.79. The first-order valence-electron chi connectivity index (χ1n) is 12.1. The molecule has 0 spiro atoms. The van der Waals surface area contributed by atoms with Crippen LogP contribution in [0.3, 0.4) is 0 Å². The van der Waals surface area contributed by atoms with E-state index in [0.29, 0.717) is 35.7 Å². The normalized spacial score (nSPS) is 17.3. The van der Waals surface area contributed by atoms with E-state index in [1.807, 2.05) is 6.92 Å². The second-order valence-corrected chi connectivity index (χ2v) is 9.29. The topological polar surface area (TPSA) is 111 Å². The predicted octanol–water partition coefficient (Wildman–Crippen LogP) is 3.83. The van der Waals surface area contributed by atoms with Crippen molar-refractivity contribution in [3.8, 4) is 17.1 Å². The molecule has 0 unspecified atom stereocenters. The van der Waals surface area contributed by atoms with Crippen LogP contribution in [0.4, 0.5) is 35.2 Å². The number of amides is 2.